The molecule has 20 heavy (non-hydrogen) atoms. The van der Waals surface area contributed by atoms with Crippen LogP contribution in [0, 0.1) is 0 Å². The quantitative estimate of drug-likeness (QED) is 0.636. The molecule has 0 aliphatic rings. The van der Waals surface area contributed by atoms with Crippen LogP contribution in [0.4, 0.5) is 0 Å². The third kappa shape index (κ3) is 2.66. The van der Waals surface area contributed by atoms with Gasteiger partial charge in [0.25, 0.3) is 0 Å². The molecule has 0 N–H and O–H groups in total. The molecule has 0 unspecified atom stereocenters. The molecule has 100 valence electrons. The van der Waals surface area contributed by atoms with Crippen LogP contribution in [-0.2, 0) is 11.3 Å². The lowest BCUT2D eigenvalue weighted by molar-refractivity contribution is 0.0478. The number of hydrogen-bond donors (Lipinski definition) is 0. The Kier molecular flexibility index (Phi) is 3.67. The summed E-state index contributed by atoms with van der Waals surface area (Å²) in [6.45, 7) is 4.00. The van der Waals surface area contributed by atoms with Crippen molar-refractivity contribution in [2.75, 3.05) is 0 Å². The number of carbonyl (C=O) groups is 1. The van der Waals surface area contributed by atoms with Crippen molar-refractivity contribution in [3.8, 4) is 0 Å². The average molecular weight is 300 g/mol. The lowest BCUT2D eigenvalue weighted by Crippen LogP contribution is -2.02. The number of esters is 1. The summed E-state index contributed by atoms with van der Waals surface area (Å²) in [5, 5.41) is 2.03. The zero-order valence-corrected chi connectivity index (χ0v) is 12.3. The molecule has 0 aliphatic carbocycles. The summed E-state index contributed by atoms with van der Waals surface area (Å²) in [6, 6.07) is 11.7. The van der Waals surface area contributed by atoms with E-state index in [4.69, 9.17) is 4.74 Å². The van der Waals surface area contributed by atoms with Gasteiger partial charge in [-0.05, 0) is 28.6 Å². The van der Waals surface area contributed by atoms with Crippen molar-refractivity contribution in [2.24, 2.45) is 0 Å². The summed E-state index contributed by atoms with van der Waals surface area (Å²) in [4.78, 5) is 12.6. The maximum atomic E-state index is 12.0. The van der Waals surface area contributed by atoms with Crippen molar-refractivity contribution in [2.45, 2.75) is 6.61 Å². The lowest BCUT2D eigenvalue weighted by Gasteiger charge is -2.03. The molecular formula is C16H12O2S2. The van der Waals surface area contributed by atoms with Crippen molar-refractivity contribution in [1.82, 2.24) is 0 Å². The number of ether oxygens (including phenoxy) is 1. The summed E-state index contributed by atoms with van der Waals surface area (Å²) >= 11 is 3.11. The maximum Gasteiger partial charge on any atom is 0.348 e. The maximum absolute atomic E-state index is 12.0. The summed E-state index contributed by atoms with van der Waals surface area (Å²) in [6.07, 6.45) is 1.79. The van der Waals surface area contributed by atoms with Gasteiger partial charge in [0.2, 0.25) is 0 Å². The van der Waals surface area contributed by atoms with Gasteiger partial charge >= 0.3 is 5.97 Å². The highest BCUT2D eigenvalue weighted by atomic mass is 32.1. The highest BCUT2D eigenvalue weighted by Gasteiger charge is 2.12. The molecule has 2 nitrogen and oxygen atoms in total. The van der Waals surface area contributed by atoms with Crippen LogP contribution in [0.2, 0.25) is 0 Å². The van der Waals surface area contributed by atoms with Gasteiger partial charge in [-0.25, -0.2) is 4.79 Å². The van der Waals surface area contributed by atoms with Gasteiger partial charge in [-0.15, -0.1) is 22.7 Å². The SMILES string of the molecule is C=Cc1ccc(COC(=O)c2cc3sccc3s2)cc1. The molecule has 4 heteroatoms. The second-order valence-electron chi connectivity index (χ2n) is 4.28. The molecule has 2 heterocycles. The Balaban J connectivity index is 1.66. The number of fused-ring (bicyclic) bond motifs is 1. The van der Waals surface area contributed by atoms with Crippen molar-refractivity contribution in [3.63, 3.8) is 0 Å². The van der Waals surface area contributed by atoms with Crippen LogP contribution in [0.15, 0.2) is 48.4 Å². The normalized spacial score (nSPS) is 10.6. The molecule has 3 aromatic rings. The molecule has 0 bridgehead atoms. The van der Waals surface area contributed by atoms with E-state index < -0.39 is 0 Å². The first kappa shape index (κ1) is 13.1. The van der Waals surface area contributed by atoms with Crippen molar-refractivity contribution in [1.29, 1.82) is 0 Å². The van der Waals surface area contributed by atoms with Gasteiger partial charge in [-0.3, -0.25) is 0 Å². The van der Waals surface area contributed by atoms with Crippen molar-refractivity contribution >= 4 is 44.1 Å². The lowest BCUT2D eigenvalue weighted by atomic mass is 10.1. The van der Waals surface area contributed by atoms with E-state index in [1.54, 1.807) is 17.4 Å². The van der Waals surface area contributed by atoms with Crippen LogP contribution in [-0.4, -0.2) is 5.97 Å². The number of carbonyl (C=O) groups excluding carboxylic acids is 1. The molecule has 0 aliphatic heterocycles. The summed E-state index contributed by atoms with van der Waals surface area (Å²) < 4.78 is 7.61. The molecule has 1 aromatic carbocycles. The number of thiophene rings is 2. The molecule has 2 aromatic heterocycles. The van der Waals surface area contributed by atoms with Crippen LogP contribution < -0.4 is 0 Å². The number of benzene rings is 1. The Morgan fingerprint density at radius 3 is 2.70 bits per heavy atom. The first-order chi connectivity index (χ1) is 9.76. The van der Waals surface area contributed by atoms with E-state index in [0.29, 0.717) is 11.5 Å². The van der Waals surface area contributed by atoms with Crippen LogP contribution >= 0.6 is 22.7 Å². The highest BCUT2D eigenvalue weighted by molar-refractivity contribution is 7.27. The third-order valence-electron chi connectivity index (χ3n) is 2.93. The van der Waals surface area contributed by atoms with Crippen LogP contribution in [0.3, 0.4) is 0 Å². The van der Waals surface area contributed by atoms with Gasteiger partial charge in [0.05, 0.1) is 0 Å². The van der Waals surface area contributed by atoms with Gasteiger partial charge < -0.3 is 4.74 Å². The fourth-order valence-corrected chi connectivity index (χ4v) is 3.84. The van der Waals surface area contributed by atoms with E-state index in [2.05, 4.69) is 6.58 Å². The van der Waals surface area contributed by atoms with Gasteiger partial charge in [0, 0.05) is 9.40 Å². The van der Waals surface area contributed by atoms with E-state index in [1.165, 1.54) is 11.3 Å². The zero-order valence-electron chi connectivity index (χ0n) is 10.7. The van der Waals surface area contributed by atoms with Gasteiger partial charge in [-0.1, -0.05) is 36.9 Å². The second-order valence-corrected chi connectivity index (χ2v) is 6.31. The molecule has 0 amide bonds. The summed E-state index contributed by atoms with van der Waals surface area (Å²) in [5.41, 5.74) is 2.03. The molecule has 0 fully saturated rings. The highest BCUT2D eigenvalue weighted by Crippen LogP contribution is 2.30. The molecule has 0 saturated carbocycles. The van der Waals surface area contributed by atoms with Crippen LogP contribution in [0.1, 0.15) is 20.8 Å². The first-order valence-electron chi connectivity index (χ1n) is 6.12. The fourth-order valence-electron chi connectivity index (χ4n) is 1.84. The molecule has 0 atom stereocenters. The number of hydrogen-bond acceptors (Lipinski definition) is 4. The van der Waals surface area contributed by atoms with E-state index >= 15 is 0 Å². The Labute approximate surface area is 124 Å². The minimum atomic E-state index is -0.258. The zero-order chi connectivity index (χ0) is 13.9. The fraction of sp³-hybridized carbons (Fsp3) is 0.0625. The van der Waals surface area contributed by atoms with Crippen LogP contribution in [0.25, 0.3) is 15.5 Å². The molecule has 0 saturated heterocycles. The summed E-state index contributed by atoms with van der Waals surface area (Å²) in [7, 11) is 0. The standard InChI is InChI=1S/C16H12O2S2/c1-2-11-3-5-12(6-4-11)10-18-16(17)15-9-14-13(20-15)7-8-19-14/h2-9H,1,10H2. The second kappa shape index (κ2) is 5.61. The first-order valence-corrected chi connectivity index (χ1v) is 7.81. The monoisotopic (exact) mass is 300 g/mol. The van der Waals surface area contributed by atoms with E-state index in [-0.39, 0.29) is 5.97 Å². The minimum absolute atomic E-state index is 0.258. The van der Waals surface area contributed by atoms with E-state index in [9.17, 15) is 4.79 Å². The van der Waals surface area contributed by atoms with Gasteiger partial charge in [0.15, 0.2) is 0 Å². The topological polar surface area (TPSA) is 26.3 Å². The summed E-state index contributed by atoms with van der Waals surface area (Å²) in [5.74, 6) is -0.258. The molecule has 3 rings (SSSR count). The van der Waals surface area contributed by atoms with Gasteiger partial charge in [0.1, 0.15) is 11.5 Å². The molecule has 0 spiro atoms. The van der Waals surface area contributed by atoms with Crippen LogP contribution in [0.5, 0.6) is 0 Å². The Morgan fingerprint density at radius 2 is 2.00 bits per heavy atom. The van der Waals surface area contributed by atoms with Gasteiger partial charge in [-0.2, -0.15) is 0 Å². The Hall–Kier alpha value is -1.91. The van der Waals surface area contributed by atoms with Crippen molar-refractivity contribution in [3.05, 3.63) is 64.4 Å². The van der Waals surface area contributed by atoms with E-state index in [1.807, 2.05) is 41.8 Å². The minimum Gasteiger partial charge on any atom is -0.457 e. The van der Waals surface area contributed by atoms with Crippen molar-refractivity contribution < 1.29 is 9.53 Å². The number of rotatable bonds is 4. The predicted molar refractivity (Wildman–Crippen MR) is 85.4 cm³/mol. The average Bonchev–Trinajstić information content (AvgIpc) is 3.06. The predicted octanol–water partition coefficient (Wildman–Crippen LogP) is 4.96. The smallest absolute Gasteiger partial charge is 0.348 e. The largest absolute Gasteiger partial charge is 0.457 e. The Morgan fingerprint density at radius 1 is 1.20 bits per heavy atom. The third-order valence-corrected chi connectivity index (χ3v) is 5.00. The van der Waals surface area contributed by atoms with E-state index in [0.717, 1.165) is 20.5 Å². The molecule has 0 radical (unpaired) electrons. The molecular weight excluding hydrogens is 288 g/mol. The Bertz CT molecular complexity index is 722.